The molecule has 1 aromatic carbocycles. The molecule has 0 saturated carbocycles. The first kappa shape index (κ1) is 41.9. The lowest BCUT2D eigenvalue weighted by Crippen LogP contribution is -2.57. The largest absolute Gasteiger partial charge is 0.391 e. The topological polar surface area (TPSA) is 158 Å². The van der Waals surface area contributed by atoms with Crippen LogP contribution in [-0.4, -0.2) is 129 Å². The van der Waals surface area contributed by atoms with Crippen molar-refractivity contribution in [1.82, 2.24) is 20.5 Å². The average molecular weight is 786 g/mol. The standard InChI is InChI=1S/C35H53BrN4O9S/c1-25-31(50-24-38-25)27-7-5-26(6-8-27)22-37-33(43)29-21-28(41)23-40(29)34(44)32(35(2,3)4)39-30(42)9-11-45-13-15-47-17-19-49-20-18-48-16-14-46-12-10-36/h5-8,24,28-29,32,41H,9-23H2,1-4H3,(H,37,43)(H,39,42)/t28-,29+,32-/m1/s1. The van der Waals surface area contributed by atoms with Crippen molar-refractivity contribution < 1.29 is 43.2 Å². The van der Waals surface area contributed by atoms with E-state index in [0.29, 0.717) is 59.5 Å². The van der Waals surface area contributed by atoms with E-state index in [1.165, 1.54) is 4.90 Å². The quantitative estimate of drug-likeness (QED) is 0.113. The number of benzene rings is 1. The smallest absolute Gasteiger partial charge is 0.246 e. The van der Waals surface area contributed by atoms with E-state index in [0.717, 1.165) is 27.0 Å². The summed E-state index contributed by atoms with van der Waals surface area (Å²) in [5, 5.41) is 17.0. The van der Waals surface area contributed by atoms with Gasteiger partial charge in [-0.05, 0) is 23.5 Å². The van der Waals surface area contributed by atoms with Crippen molar-refractivity contribution in [3.05, 3.63) is 41.0 Å². The van der Waals surface area contributed by atoms with Gasteiger partial charge in [-0.2, -0.15) is 0 Å². The summed E-state index contributed by atoms with van der Waals surface area (Å²) < 4.78 is 27.2. The first-order valence-electron chi connectivity index (χ1n) is 17.0. The third-order valence-electron chi connectivity index (χ3n) is 7.89. The van der Waals surface area contributed by atoms with Crippen molar-refractivity contribution in [2.75, 3.05) is 77.9 Å². The van der Waals surface area contributed by atoms with Crippen LogP contribution in [0.3, 0.4) is 0 Å². The molecule has 0 bridgehead atoms. The molecule has 0 spiro atoms. The summed E-state index contributed by atoms with van der Waals surface area (Å²) in [5.41, 5.74) is 4.10. The van der Waals surface area contributed by atoms with Gasteiger partial charge in [-0.25, -0.2) is 4.98 Å². The normalized spacial score (nSPS) is 16.8. The summed E-state index contributed by atoms with van der Waals surface area (Å²) in [5.74, 6) is -1.11. The minimum absolute atomic E-state index is 0.0113. The monoisotopic (exact) mass is 784 g/mol. The Labute approximate surface area is 307 Å². The predicted octanol–water partition coefficient (Wildman–Crippen LogP) is 3.10. The molecule has 3 atom stereocenters. The number of carbonyl (C=O) groups excluding carboxylic acids is 3. The highest BCUT2D eigenvalue weighted by molar-refractivity contribution is 9.09. The fourth-order valence-electron chi connectivity index (χ4n) is 5.21. The first-order valence-corrected chi connectivity index (χ1v) is 19.0. The summed E-state index contributed by atoms with van der Waals surface area (Å²) in [4.78, 5) is 46.8. The van der Waals surface area contributed by atoms with Gasteiger partial charge in [0.25, 0.3) is 0 Å². The average Bonchev–Trinajstić information content (AvgIpc) is 3.70. The maximum absolute atomic E-state index is 13.8. The lowest BCUT2D eigenvalue weighted by molar-refractivity contribution is -0.144. The van der Waals surface area contributed by atoms with Gasteiger partial charge in [0.2, 0.25) is 17.7 Å². The number of hydrogen-bond acceptors (Lipinski definition) is 11. The van der Waals surface area contributed by atoms with Crippen molar-refractivity contribution in [3.8, 4) is 10.4 Å². The molecule has 1 saturated heterocycles. The van der Waals surface area contributed by atoms with Crippen LogP contribution >= 0.6 is 27.3 Å². The van der Waals surface area contributed by atoms with E-state index in [1.807, 2.05) is 57.5 Å². The van der Waals surface area contributed by atoms with Gasteiger partial charge in [-0.3, -0.25) is 14.4 Å². The van der Waals surface area contributed by atoms with Crippen LogP contribution in [-0.2, 0) is 44.6 Å². The molecule has 1 aliphatic rings. The number of nitrogens with one attached hydrogen (secondary N) is 2. The number of likely N-dealkylation sites (tertiary alicyclic amines) is 1. The summed E-state index contributed by atoms with van der Waals surface area (Å²) in [7, 11) is 0. The lowest BCUT2D eigenvalue weighted by atomic mass is 9.85. The van der Waals surface area contributed by atoms with Crippen LogP contribution in [0.4, 0.5) is 0 Å². The Bertz CT molecular complexity index is 1310. The number of rotatable bonds is 23. The molecule has 3 rings (SSSR count). The van der Waals surface area contributed by atoms with Crippen molar-refractivity contribution in [2.45, 2.75) is 65.3 Å². The van der Waals surface area contributed by atoms with Crippen LogP contribution in [0.5, 0.6) is 0 Å². The van der Waals surface area contributed by atoms with Crippen LogP contribution in [0.1, 0.15) is 44.9 Å². The summed E-state index contributed by atoms with van der Waals surface area (Å²) in [6, 6.07) is 6.13. The molecule has 280 valence electrons. The van der Waals surface area contributed by atoms with Crippen molar-refractivity contribution >= 4 is 45.0 Å². The van der Waals surface area contributed by atoms with Gasteiger partial charge < -0.3 is 44.3 Å². The molecule has 13 nitrogen and oxygen atoms in total. The zero-order valence-electron chi connectivity index (χ0n) is 29.6. The van der Waals surface area contributed by atoms with Gasteiger partial charge >= 0.3 is 0 Å². The van der Waals surface area contributed by atoms with Crippen molar-refractivity contribution in [1.29, 1.82) is 0 Å². The van der Waals surface area contributed by atoms with Gasteiger partial charge in [-0.15, -0.1) is 11.3 Å². The number of aliphatic hydroxyl groups excluding tert-OH is 1. The number of amides is 3. The van der Waals surface area contributed by atoms with Gasteiger partial charge in [0.1, 0.15) is 12.1 Å². The second kappa shape index (κ2) is 22.4. The minimum atomic E-state index is -0.903. The molecule has 0 radical (unpaired) electrons. The van der Waals surface area contributed by atoms with Crippen LogP contribution in [0.2, 0.25) is 0 Å². The Hall–Kier alpha value is -2.50. The Morgan fingerprint density at radius 2 is 1.50 bits per heavy atom. The molecule has 1 fully saturated rings. The molecule has 0 unspecified atom stereocenters. The van der Waals surface area contributed by atoms with Crippen molar-refractivity contribution in [3.63, 3.8) is 0 Å². The molecule has 0 aliphatic carbocycles. The SMILES string of the molecule is Cc1ncsc1-c1ccc(CNC(=O)[C@@H]2C[C@@H](O)CN2C(=O)[C@@H](NC(=O)CCOCCOCCOCCOCCOCCBr)C(C)(C)C)cc1. The number of nitrogens with zero attached hydrogens (tertiary/aromatic N) is 2. The predicted molar refractivity (Wildman–Crippen MR) is 194 cm³/mol. The molecule has 1 aromatic heterocycles. The molecule has 3 N–H and O–H groups in total. The summed E-state index contributed by atoms with van der Waals surface area (Å²) in [6.45, 7) is 12.2. The highest BCUT2D eigenvalue weighted by atomic mass is 79.9. The van der Waals surface area contributed by atoms with Crippen LogP contribution in [0.25, 0.3) is 10.4 Å². The number of alkyl halides is 1. The zero-order chi connectivity index (χ0) is 36.4. The molecule has 2 heterocycles. The Morgan fingerprint density at radius 1 is 0.940 bits per heavy atom. The number of thiazole rings is 1. The first-order chi connectivity index (χ1) is 24.0. The fourth-order valence-corrected chi connectivity index (χ4v) is 6.26. The number of aryl methyl sites for hydroxylation is 1. The van der Waals surface area contributed by atoms with E-state index >= 15 is 0 Å². The van der Waals surface area contributed by atoms with Gasteiger partial charge in [-0.1, -0.05) is 61.0 Å². The number of ether oxygens (including phenoxy) is 5. The number of aliphatic hydroxyl groups is 1. The lowest BCUT2D eigenvalue weighted by Gasteiger charge is -2.35. The molecule has 15 heteroatoms. The molecular formula is C35H53BrN4O9S. The molecule has 50 heavy (non-hydrogen) atoms. The highest BCUT2D eigenvalue weighted by Gasteiger charge is 2.44. The van der Waals surface area contributed by atoms with Gasteiger partial charge in [0.15, 0.2) is 0 Å². The summed E-state index contributed by atoms with van der Waals surface area (Å²) >= 11 is 4.87. The minimum Gasteiger partial charge on any atom is -0.391 e. The molecular weight excluding hydrogens is 732 g/mol. The van der Waals surface area contributed by atoms with E-state index in [9.17, 15) is 19.5 Å². The van der Waals surface area contributed by atoms with E-state index in [1.54, 1.807) is 11.3 Å². The third kappa shape index (κ3) is 14.6. The number of hydrogen-bond donors (Lipinski definition) is 3. The Morgan fingerprint density at radius 3 is 2.02 bits per heavy atom. The van der Waals surface area contributed by atoms with Crippen LogP contribution in [0, 0.1) is 12.3 Å². The molecule has 3 amide bonds. The van der Waals surface area contributed by atoms with E-state index < -0.39 is 29.5 Å². The number of aromatic nitrogens is 1. The Balaban J connectivity index is 1.36. The highest BCUT2D eigenvalue weighted by Crippen LogP contribution is 2.28. The van der Waals surface area contributed by atoms with Gasteiger partial charge in [0.05, 0.1) is 88.3 Å². The third-order valence-corrected chi connectivity index (χ3v) is 9.20. The van der Waals surface area contributed by atoms with E-state index in [-0.39, 0.29) is 44.4 Å². The zero-order valence-corrected chi connectivity index (χ0v) is 32.0. The molecule has 1 aliphatic heterocycles. The Kier molecular flexibility index (Phi) is 18.8. The number of β-amino-alcohol motifs (C(OH)–C–C–N with tert-alkyl or cyclic N) is 1. The fraction of sp³-hybridized carbons (Fsp3) is 0.657. The number of carbonyl (C=O) groups is 3. The van der Waals surface area contributed by atoms with E-state index in [2.05, 4.69) is 31.5 Å². The van der Waals surface area contributed by atoms with Crippen LogP contribution < -0.4 is 10.6 Å². The molecule has 2 aromatic rings. The second-order valence-corrected chi connectivity index (χ2v) is 14.6. The van der Waals surface area contributed by atoms with E-state index in [4.69, 9.17) is 23.7 Å². The maximum atomic E-state index is 13.8. The van der Waals surface area contributed by atoms with Gasteiger partial charge in [0, 0.05) is 31.3 Å². The second-order valence-electron chi connectivity index (χ2n) is 12.9. The van der Waals surface area contributed by atoms with Crippen molar-refractivity contribution in [2.24, 2.45) is 5.41 Å². The number of halogens is 1. The van der Waals surface area contributed by atoms with Crippen LogP contribution in [0.15, 0.2) is 29.8 Å². The maximum Gasteiger partial charge on any atom is 0.246 e. The summed E-state index contributed by atoms with van der Waals surface area (Å²) in [6.07, 6.45) is -0.669.